The number of esters is 1. The lowest BCUT2D eigenvalue weighted by molar-refractivity contribution is -0.277. The maximum Gasteiger partial charge on any atom is 0.317 e. The van der Waals surface area contributed by atoms with E-state index in [1.54, 1.807) is 6.92 Å². The van der Waals surface area contributed by atoms with Gasteiger partial charge in [0, 0.05) is 17.8 Å². The van der Waals surface area contributed by atoms with E-state index < -0.39 is 11.2 Å². The zero-order valence-corrected chi connectivity index (χ0v) is 12.2. The van der Waals surface area contributed by atoms with E-state index in [1.165, 1.54) is 0 Å². The summed E-state index contributed by atoms with van der Waals surface area (Å²) in [6, 6.07) is 0. The molecule has 0 N–H and O–H groups in total. The zero-order valence-electron chi connectivity index (χ0n) is 12.2. The van der Waals surface area contributed by atoms with Gasteiger partial charge in [0.25, 0.3) is 0 Å². The van der Waals surface area contributed by atoms with Gasteiger partial charge in [-0.3, -0.25) is 9.59 Å². The molecule has 5 heteroatoms. The Hall–Kier alpha value is -1.20. The van der Waals surface area contributed by atoms with Crippen LogP contribution < -0.4 is 0 Å². The second-order valence-corrected chi connectivity index (χ2v) is 7.19. The molecule has 3 heterocycles. The Balaban J connectivity index is 1.75. The summed E-state index contributed by atoms with van der Waals surface area (Å²) in [6.07, 6.45) is 3.23. The van der Waals surface area contributed by atoms with Crippen molar-refractivity contribution in [2.24, 2.45) is 22.7 Å². The Morgan fingerprint density at radius 3 is 2.67 bits per heavy atom. The summed E-state index contributed by atoms with van der Waals surface area (Å²) in [7, 11) is 0. The molecule has 4 bridgehead atoms. The van der Waals surface area contributed by atoms with E-state index in [4.69, 9.17) is 14.2 Å². The molecule has 5 nitrogen and oxygen atoms in total. The van der Waals surface area contributed by atoms with Crippen molar-refractivity contribution >= 4 is 11.8 Å². The van der Waals surface area contributed by atoms with Crippen molar-refractivity contribution in [2.45, 2.75) is 38.6 Å². The van der Waals surface area contributed by atoms with Crippen LogP contribution in [0.1, 0.15) is 26.7 Å². The van der Waals surface area contributed by atoms with Crippen molar-refractivity contribution in [1.29, 1.82) is 0 Å². The highest BCUT2D eigenvalue weighted by Gasteiger charge is 2.85. The first-order valence-corrected chi connectivity index (χ1v) is 7.69. The van der Waals surface area contributed by atoms with E-state index in [0.29, 0.717) is 13.2 Å². The van der Waals surface area contributed by atoms with E-state index in [2.05, 4.69) is 0 Å². The number of rotatable bonds is 1. The van der Waals surface area contributed by atoms with Crippen LogP contribution in [-0.2, 0) is 23.8 Å². The molecule has 5 atom stereocenters. The third kappa shape index (κ3) is 0.974. The molecule has 2 spiro atoms. The molecule has 0 aromatic carbocycles. The van der Waals surface area contributed by atoms with Crippen LogP contribution in [0.5, 0.6) is 0 Å². The second-order valence-electron chi connectivity index (χ2n) is 7.19. The zero-order chi connectivity index (χ0) is 14.6. The van der Waals surface area contributed by atoms with Gasteiger partial charge >= 0.3 is 5.97 Å². The summed E-state index contributed by atoms with van der Waals surface area (Å²) in [5.41, 5.74) is -0.0583. The molecule has 0 radical (unpaired) electrons. The van der Waals surface area contributed by atoms with E-state index >= 15 is 0 Å². The summed E-state index contributed by atoms with van der Waals surface area (Å²) in [5, 5.41) is 0. The molecular weight excluding hydrogens is 272 g/mol. The van der Waals surface area contributed by atoms with Gasteiger partial charge in [0.15, 0.2) is 5.79 Å². The number of fused-ring (bicyclic) bond motifs is 1. The Morgan fingerprint density at radius 2 is 2.00 bits per heavy atom. The number of Topliss-reactive ketones (excluding diaryl/α,β-unsaturated/α-hetero) is 1. The van der Waals surface area contributed by atoms with Crippen LogP contribution in [0.3, 0.4) is 0 Å². The van der Waals surface area contributed by atoms with Crippen LogP contribution in [0.25, 0.3) is 0 Å². The highest BCUT2D eigenvalue weighted by Crippen LogP contribution is 2.81. The second kappa shape index (κ2) is 3.25. The van der Waals surface area contributed by atoms with Gasteiger partial charge in [-0.2, -0.15) is 0 Å². The summed E-state index contributed by atoms with van der Waals surface area (Å²) < 4.78 is 17.6. The Kier molecular flexibility index (Phi) is 1.91. The van der Waals surface area contributed by atoms with E-state index in [1.807, 2.05) is 13.0 Å². The number of ketones is 1. The lowest BCUT2D eigenvalue weighted by atomic mass is 9.33. The van der Waals surface area contributed by atoms with Crippen molar-refractivity contribution < 1.29 is 23.8 Å². The summed E-state index contributed by atoms with van der Waals surface area (Å²) in [5.74, 6) is -0.908. The van der Waals surface area contributed by atoms with E-state index in [0.717, 1.165) is 18.4 Å². The number of hydrogen-bond acceptors (Lipinski definition) is 5. The van der Waals surface area contributed by atoms with Crippen LogP contribution in [0.4, 0.5) is 0 Å². The van der Waals surface area contributed by atoms with Crippen LogP contribution in [0, 0.1) is 22.7 Å². The van der Waals surface area contributed by atoms with Crippen molar-refractivity contribution in [3.8, 4) is 0 Å². The van der Waals surface area contributed by atoms with Gasteiger partial charge in [0.2, 0.25) is 0 Å². The maximum absolute atomic E-state index is 12.5. The monoisotopic (exact) mass is 290 g/mol. The molecule has 2 unspecified atom stereocenters. The first-order chi connectivity index (χ1) is 9.97. The minimum Gasteiger partial charge on any atom is -0.457 e. The smallest absolute Gasteiger partial charge is 0.317 e. The molecule has 3 aliphatic heterocycles. The van der Waals surface area contributed by atoms with Crippen molar-refractivity contribution in [3.05, 3.63) is 11.6 Å². The summed E-state index contributed by atoms with van der Waals surface area (Å²) in [4.78, 5) is 24.7. The highest BCUT2D eigenvalue weighted by molar-refractivity contribution is 5.96. The van der Waals surface area contributed by atoms with Crippen LogP contribution in [0.2, 0.25) is 0 Å². The Labute approximate surface area is 122 Å². The number of carbonyl (C=O) groups is 2. The van der Waals surface area contributed by atoms with Crippen LogP contribution in [0.15, 0.2) is 11.6 Å². The molecular formula is C16H18O5. The minimum absolute atomic E-state index is 0.0541. The minimum atomic E-state index is -0.665. The number of carbonyl (C=O) groups excluding carboxylic acids is 2. The SMILES string of the molecule is CC(=O)C1C2=C[C@H]3OC(=O)[C@]2(C)[C@]12CCC1(OCCO1)C32. The van der Waals surface area contributed by atoms with E-state index in [-0.39, 0.29) is 35.1 Å². The molecule has 6 rings (SSSR count). The van der Waals surface area contributed by atoms with Gasteiger partial charge in [0.05, 0.1) is 24.5 Å². The quantitative estimate of drug-likeness (QED) is 0.537. The average Bonchev–Trinajstić information content (AvgIpc) is 3.04. The fraction of sp³-hybridized carbons (Fsp3) is 0.750. The predicted molar refractivity (Wildman–Crippen MR) is 70.0 cm³/mol. The molecule has 2 saturated heterocycles. The molecule has 2 saturated carbocycles. The van der Waals surface area contributed by atoms with Gasteiger partial charge in [-0.25, -0.2) is 0 Å². The van der Waals surface area contributed by atoms with Crippen molar-refractivity contribution in [2.75, 3.05) is 13.2 Å². The van der Waals surface area contributed by atoms with Crippen molar-refractivity contribution in [3.63, 3.8) is 0 Å². The fourth-order valence-electron chi connectivity index (χ4n) is 6.12. The standard InChI is InChI=1S/C16H18O5/c1-8(17)11-9-7-10-12-15(11,14(9,2)13(18)21-10)3-4-16(12)19-5-6-20-16/h7,10-12H,3-6H2,1-2H3/t10-,11?,12?,14-,15-/m1/s1. The Morgan fingerprint density at radius 1 is 1.29 bits per heavy atom. The van der Waals surface area contributed by atoms with Gasteiger partial charge in [-0.05, 0) is 31.9 Å². The molecule has 0 amide bonds. The normalized spacial score (nSPS) is 51.4. The van der Waals surface area contributed by atoms with Gasteiger partial charge in [0.1, 0.15) is 11.9 Å². The van der Waals surface area contributed by atoms with Gasteiger partial charge in [-0.15, -0.1) is 0 Å². The largest absolute Gasteiger partial charge is 0.457 e. The predicted octanol–water partition coefficient (Wildman–Crippen LogP) is 1.22. The lowest BCUT2D eigenvalue weighted by Crippen LogP contribution is -2.76. The van der Waals surface area contributed by atoms with Crippen LogP contribution >= 0.6 is 0 Å². The van der Waals surface area contributed by atoms with Crippen LogP contribution in [-0.4, -0.2) is 36.9 Å². The molecule has 0 aromatic heterocycles. The van der Waals surface area contributed by atoms with E-state index in [9.17, 15) is 9.59 Å². The molecule has 112 valence electrons. The number of hydrogen-bond donors (Lipinski definition) is 0. The number of ether oxygens (including phenoxy) is 3. The van der Waals surface area contributed by atoms with Gasteiger partial charge in [-0.1, -0.05) is 0 Å². The maximum atomic E-state index is 12.5. The van der Waals surface area contributed by atoms with Gasteiger partial charge < -0.3 is 14.2 Å². The Bertz CT molecular complexity index is 616. The highest BCUT2D eigenvalue weighted by atomic mass is 16.7. The third-order valence-electron chi connectivity index (χ3n) is 6.76. The van der Waals surface area contributed by atoms with Crippen molar-refractivity contribution in [1.82, 2.24) is 0 Å². The molecule has 3 aliphatic carbocycles. The fourth-order valence-corrected chi connectivity index (χ4v) is 6.12. The summed E-state index contributed by atoms with van der Waals surface area (Å²) >= 11 is 0. The average molecular weight is 290 g/mol. The summed E-state index contributed by atoms with van der Waals surface area (Å²) in [6.45, 7) is 4.72. The lowest BCUT2D eigenvalue weighted by Gasteiger charge is -2.70. The molecule has 0 aromatic rings. The molecule has 4 fully saturated rings. The first kappa shape index (κ1) is 12.4. The first-order valence-electron chi connectivity index (χ1n) is 7.69. The molecule has 6 aliphatic rings. The topological polar surface area (TPSA) is 61.8 Å². The third-order valence-corrected chi connectivity index (χ3v) is 6.76. The molecule has 21 heavy (non-hydrogen) atoms.